The van der Waals surface area contributed by atoms with Gasteiger partial charge >= 0.3 is 0 Å². The van der Waals surface area contributed by atoms with Crippen LogP contribution in [0.2, 0.25) is 0 Å². The van der Waals surface area contributed by atoms with Crippen LogP contribution in [0.3, 0.4) is 0 Å². The van der Waals surface area contributed by atoms with Gasteiger partial charge in [-0.3, -0.25) is 4.79 Å². The van der Waals surface area contributed by atoms with Crippen molar-refractivity contribution in [1.29, 1.82) is 0 Å². The normalized spacial score (nSPS) is 13.8. The SMILES string of the molecule is CC[C@H](C)C(=O)N[C@@H](Cc1ccccc1)CS(=O)(=O)Cc1ccccc1. The zero-order valence-corrected chi connectivity index (χ0v) is 16.2. The summed E-state index contributed by atoms with van der Waals surface area (Å²) in [4.78, 5) is 12.3. The first-order valence-corrected chi connectivity index (χ1v) is 10.8. The Balaban J connectivity index is 2.12. The molecule has 0 aliphatic rings. The fraction of sp³-hybridized carbons (Fsp3) is 0.381. The molecule has 0 spiro atoms. The van der Waals surface area contributed by atoms with Crippen molar-refractivity contribution in [2.75, 3.05) is 5.75 Å². The molecule has 2 rings (SSSR count). The third-order valence-corrected chi connectivity index (χ3v) is 6.10. The molecule has 0 aliphatic heterocycles. The van der Waals surface area contributed by atoms with Gasteiger partial charge < -0.3 is 5.32 Å². The van der Waals surface area contributed by atoms with Gasteiger partial charge in [0.25, 0.3) is 0 Å². The second-order valence-electron chi connectivity index (χ2n) is 6.74. The molecule has 140 valence electrons. The van der Waals surface area contributed by atoms with Crippen LogP contribution in [0.15, 0.2) is 60.7 Å². The smallest absolute Gasteiger partial charge is 0.223 e. The van der Waals surface area contributed by atoms with Crippen LogP contribution in [-0.4, -0.2) is 26.1 Å². The molecule has 0 saturated heterocycles. The molecule has 0 saturated carbocycles. The van der Waals surface area contributed by atoms with Gasteiger partial charge in [0.15, 0.2) is 9.84 Å². The van der Waals surface area contributed by atoms with Gasteiger partial charge in [-0.05, 0) is 24.0 Å². The second-order valence-corrected chi connectivity index (χ2v) is 8.85. The van der Waals surface area contributed by atoms with Crippen LogP contribution >= 0.6 is 0 Å². The molecule has 2 aromatic carbocycles. The number of hydrogen-bond acceptors (Lipinski definition) is 3. The Morgan fingerprint density at radius 3 is 2.04 bits per heavy atom. The summed E-state index contributed by atoms with van der Waals surface area (Å²) in [6.07, 6.45) is 1.22. The van der Waals surface area contributed by atoms with Gasteiger partial charge in [-0.2, -0.15) is 0 Å². The van der Waals surface area contributed by atoms with E-state index < -0.39 is 15.9 Å². The molecule has 0 aromatic heterocycles. The van der Waals surface area contributed by atoms with Gasteiger partial charge in [0.2, 0.25) is 5.91 Å². The summed E-state index contributed by atoms with van der Waals surface area (Å²) in [5.41, 5.74) is 1.77. The first kappa shape index (κ1) is 20.2. The Labute approximate surface area is 156 Å². The van der Waals surface area contributed by atoms with Gasteiger partial charge in [0.1, 0.15) is 0 Å². The maximum atomic E-state index is 12.7. The van der Waals surface area contributed by atoms with Crippen molar-refractivity contribution in [3.63, 3.8) is 0 Å². The van der Waals surface area contributed by atoms with E-state index in [1.807, 2.05) is 74.5 Å². The molecule has 1 N–H and O–H groups in total. The first-order chi connectivity index (χ1) is 12.4. The first-order valence-electron chi connectivity index (χ1n) is 8.98. The summed E-state index contributed by atoms with van der Waals surface area (Å²) in [6, 6.07) is 18.4. The Morgan fingerprint density at radius 1 is 0.962 bits per heavy atom. The van der Waals surface area contributed by atoms with Crippen molar-refractivity contribution in [3.8, 4) is 0 Å². The summed E-state index contributed by atoms with van der Waals surface area (Å²) in [6.45, 7) is 3.80. The molecule has 26 heavy (non-hydrogen) atoms. The highest BCUT2D eigenvalue weighted by Gasteiger charge is 2.23. The lowest BCUT2D eigenvalue weighted by Crippen LogP contribution is -2.43. The average Bonchev–Trinajstić information content (AvgIpc) is 2.61. The van der Waals surface area contributed by atoms with E-state index in [0.29, 0.717) is 6.42 Å². The van der Waals surface area contributed by atoms with Crippen LogP contribution in [0.1, 0.15) is 31.4 Å². The van der Waals surface area contributed by atoms with Crippen LogP contribution < -0.4 is 5.32 Å². The molecule has 2 aromatic rings. The third-order valence-electron chi connectivity index (χ3n) is 4.42. The van der Waals surface area contributed by atoms with Crippen molar-refractivity contribution in [1.82, 2.24) is 5.32 Å². The highest BCUT2D eigenvalue weighted by Crippen LogP contribution is 2.12. The van der Waals surface area contributed by atoms with Gasteiger partial charge in [-0.15, -0.1) is 0 Å². The quantitative estimate of drug-likeness (QED) is 0.733. The monoisotopic (exact) mass is 373 g/mol. The lowest BCUT2D eigenvalue weighted by molar-refractivity contribution is -0.125. The largest absolute Gasteiger partial charge is 0.352 e. The Morgan fingerprint density at radius 2 is 1.50 bits per heavy atom. The summed E-state index contributed by atoms with van der Waals surface area (Å²) in [5.74, 6) is -0.314. The van der Waals surface area contributed by atoms with E-state index in [-0.39, 0.29) is 23.3 Å². The Hall–Kier alpha value is -2.14. The van der Waals surface area contributed by atoms with Crippen LogP contribution in [0.25, 0.3) is 0 Å². The third kappa shape index (κ3) is 6.64. The minimum Gasteiger partial charge on any atom is -0.352 e. The van der Waals surface area contributed by atoms with E-state index in [1.54, 1.807) is 0 Å². The van der Waals surface area contributed by atoms with Gasteiger partial charge in [0.05, 0.1) is 11.5 Å². The van der Waals surface area contributed by atoms with Crippen molar-refractivity contribution in [2.45, 2.75) is 38.5 Å². The van der Waals surface area contributed by atoms with E-state index in [2.05, 4.69) is 5.32 Å². The molecular weight excluding hydrogens is 346 g/mol. The lowest BCUT2D eigenvalue weighted by atomic mass is 10.0. The van der Waals surface area contributed by atoms with Crippen molar-refractivity contribution in [3.05, 3.63) is 71.8 Å². The summed E-state index contributed by atoms with van der Waals surface area (Å²) in [7, 11) is -3.35. The summed E-state index contributed by atoms with van der Waals surface area (Å²) >= 11 is 0. The van der Waals surface area contributed by atoms with Gasteiger partial charge in [0, 0.05) is 12.0 Å². The molecule has 5 heteroatoms. The van der Waals surface area contributed by atoms with E-state index in [4.69, 9.17) is 0 Å². The molecule has 0 radical (unpaired) electrons. The predicted molar refractivity (Wildman–Crippen MR) is 105 cm³/mol. The molecule has 1 amide bonds. The summed E-state index contributed by atoms with van der Waals surface area (Å²) < 4.78 is 25.3. The molecule has 0 bridgehead atoms. The van der Waals surface area contributed by atoms with Crippen LogP contribution in [0, 0.1) is 5.92 Å². The molecule has 0 aliphatic carbocycles. The number of carbonyl (C=O) groups excluding carboxylic acids is 1. The Bertz CT molecular complexity index is 789. The highest BCUT2D eigenvalue weighted by molar-refractivity contribution is 7.90. The number of hydrogen-bond donors (Lipinski definition) is 1. The van der Waals surface area contributed by atoms with E-state index in [1.165, 1.54) is 0 Å². The number of amides is 1. The highest BCUT2D eigenvalue weighted by atomic mass is 32.2. The van der Waals surface area contributed by atoms with Gasteiger partial charge in [-0.25, -0.2) is 8.42 Å². The zero-order valence-electron chi connectivity index (χ0n) is 15.4. The number of sulfone groups is 1. The fourth-order valence-corrected chi connectivity index (χ4v) is 4.41. The maximum Gasteiger partial charge on any atom is 0.223 e. The van der Waals surface area contributed by atoms with E-state index in [9.17, 15) is 13.2 Å². The number of carbonyl (C=O) groups is 1. The minimum absolute atomic E-state index is 0.0155. The molecule has 2 atom stereocenters. The fourth-order valence-electron chi connectivity index (χ4n) is 2.77. The Kier molecular flexibility index (Phi) is 7.39. The topological polar surface area (TPSA) is 63.2 Å². The lowest BCUT2D eigenvalue weighted by Gasteiger charge is -2.21. The molecule has 4 nitrogen and oxygen atoms in total. The molecule has 0 unspecified atom stereocenters. The second kappa shape index (κ2) is 9.53. The molecular formula is C21H27NO3S. The van der Waals surface area contributed by atoms with Crippen molar-refractivity contribution < 1.29 is 13.2 Å². The standard InChI is InChI=1S/C21H27NO3S/c1-3-17(2)21(23)22-20(14-18-10-6-4-7-11-18)16-26(24,25)15-19-12-8-5-9-13-19/h4-13,17,20H,3,14-16H2,1-2H3,(H,22,23)/t17-,20-/m0/s1. The average molecular weight is 374 g/mol. The van der Waals surface area contributed by atoms with E-state index in [0.717, 1.165) is 17.5 Å². The number of benzene rings is 2. The van der Waals surface area contributed by atoms with Crippen molar-refractivity contribution in [2.24, 2.45) is 5.92 Å². The summed E-state index contributed by atoms with van der Waals surface area (Å²) in [5, 5.41) is 2.94. The number of nitrogens with one attached hydrogen (secondary N) is 1. The minimum atomic E-state index is -3.35. The van der Waals surface area contributed by atoms with E-state index >= 15 is 0 Å². The molecule has 0 fully saturated rings. The van der Waals surface area contributed by atoms with Crippen molar-refractivity contribution >= 4 is 15.7 Å². The van der Waals surface area contributed by atoms with Crippen LogP contribution in [-0.2, 0) is 26.8 Å². The van der Waals surface area contributed by atoms with Gasteiger partial charge in [-0.1, -0.05) is 74.5 Å². The maximum absolute atomic E-state index is 12.7. The predicted octanol–water partition coefficient (Wildman–Crippen LogP) is 3.38. The molecule has 0 heterocycles. The zero-order chi connectivity index (χ0) is 19.0. The number of rotatable bonds is 9. The van der Waals surface area contributed by atoms with Crippen LogP contribution in [0.5, 0.6) is 0 Å². The van der Waals surface area contributed by atoms with Crippen LogP contribution in [0.4, 0.5) is 0 Å².